The fourth-order valence-corrected chi connectivity index (χ4v) is 3.83. The average Bonchev–Trinajstić information content (AvgIpc) is 2.41. The molecular formula is C12H16N2O5S. The number of rotatable bonds is 3. The van der Waals surface area contributed by atoms with E-state index in [0.717, 1.165) is 6.07 Å². The maximum atomic E-state index is 12.6. The molecule has 0 bridgehead atoms. The number of sulfonamides is 1. The molecule has 0 saturated carbocycles. The Hall–Kier alpha value is -1.51. The Morgan fingerprint density at radius 2 is 2.10 bits per heavy atom. The summed E-state index contributed by atoms with van der Waals surface area (Å²) in [5.41, 5.74) is -0.236. The van der Waals surface area contributed by atoms with Crippen molar-refractivity contribution in [3.63, 3.8) is 0 Å². The number of hydrogen-bond donors (Lipinski definition) is 0. The molecule has 0 spiro atoms. The zero-order valence-corrected chi connectivity index (χ0v) is 12.0. The average molecular weight is 300 g/mol. The minimum absolute atomic E-state index is 0.0624. The molecule has 8 heteroatoms. The standard InChI is InChI=1S/C12H16N2O5S/c1-9-8-19-10(2)7-13(9)20(17,18)12-5-3-4-11(6-12)14(15)16/h3-6,9-10H,7-8H2,1-2H3. The first-order valence-corrected chi connectivity index (χ1v) is 7.64. The number of morpholine rings is 1. The Labute approximate surface area is 117 Å². The molecule has 0 aliphatic carbocycles. The third kappa shape index (κ3) is 2.82. The number of benzene rings is 1. The highest BCUT2D eigenvalue weighted by molar-refractivity contribution is 7.89. The monoisotopic (exact) mass is 300 g/mol. The van der Waals surface area contributed by atoms with Crippen LogP contribution in [0.4, 0.5) is 5.69 Å². The van der Waals surface area contributed by atoms with Crippen LogP contribution in [0, 0.1) is 10.1 Å². The van der Waals surface area contributed by atoms with Crippen molar-refractivity contribution in [2.75, 3.05) is 13.2 Å². The maximum Gasteiger partial charge on any atom is 0.270 e. The maximum absolute atomic E-state index is 12.6. The van der Waals surface area contributed by atoms with Crippen LogP contribution in [-0.4, -0.2) is 42.9 Å². The SMILES string of the molecule is CC1CN(S(=O)(=O)c2cccc([N+](=O)[O-])c2)C(C)CO1. The van der Waals surface area contributed by atoms with E-state index in [1.807, 2.05) is 0 Å². The van der Waals surface area contributed by atoms with Gasteiger partial charge in [0.1, 0.15) is 0 Å². The summed E-state index contributed by atoms with van der Waals surface area (Å²) in [7, 11) is -3.75. The van der Waals surface area contributed by atoms with Gasteiger partial charge in [-0.3, -0.25) is 10.1 Å². The van der Waals surface area contributed by atoms with Crippen LogP contribution in [0.3, 0.4) is 0 Å². The van der Waals surface area contributed by atoms with Crippen LogP contribution in [0.1, 0.15) is 13.8 Å². The topological polar surface area (TPSA) is 89.8 Å². The van der Waals surface area contributed by atoms with Gasteiger partial charge in [-0.05, 0) is 19.9 Å². The molecule has 1 aliphatic heterocycles. The minimum atomic E-state index is -3.75. The van der Waals surface area contributed by atoms with E-state index in [4.69, 9.17) is 4.74 Å². The van der Waals surface area contributed by atoms with Gasteiger partial charge in [0.05, 0.1) is 22.5 Å². The van der Waals surface area contributed by atoms with Crippen molar-refractivity contribution in [1.82, 2.24) is 4.31 Å². The van der Waals surface area contributed by atoms with Gasteiger partial charge in [0.2, 0.25) is 10.0 Å². The lowest BCUT2D eigenvalue weighted by Crippen LogP contribution is -2.50. The van der Waals surface area contributed by atoms with Crippen molar-refractivity contribution in [2.45, 2.75) is 30.9 Å². The lowest BCUT2D eigenvalue weighted by molar-refractivity contribution is -0.385. The summed E-state index contributed by atoms with van der Waals surface area (Å²) in [6.45, 7) is 4.10. The largest absolute Gasteiger partial charge is 0.375 e. The number of nitro groups is 1. The van der Waals surface area contributed by atoms with Gasteiger partial charge in [0.25, 0.3) is 5.69 Å². The van der Waals surface area contributed by atoms with Gasteiger partial charge in [0.15, 0.2) is 0 Å². The van der Waals surface area contributed by atoms with E-state index < -0.39 is 14.9 Å². The molecule has 0 radical (unpaired) electrons. The first-order valence-electron chi connectivity index (χ1n) is 6.20. The van der Waals surface area contributed by atoms with Crippen LogP contribution >= 0.6 is 0 Å². The van der Waals surface area contributed by atoms with Crippen LogP contribution in [-0.2, 0) is 14.8 Å². The molecule has 2 atom stereocenters. The molecule has 20 heavy (non-hydrogen) atoms. The quantitative estimate of drug-likeness (QED) is 0.621. The van der Waals surface area contributed by atoms with Crippen LogP contribution in [0.2, 0.25) is 0 Å². The first kappa shape index (κ1) is 14.9. The molecule has 2 unspecified atom stereocenters. The Morgan fingerprint density at radius 1 is 1.40 bits per heavy atom. The normalized spacial score (nSPS) is 24.5. The number of non-ortho nitro benzene ring substituents is 1. The smallest absolute Gasteiger partial charge is 0.270 e. The van der Waals surface area contributed by atoms with Crippen molar-refractivity contribution < 1.29 is 18.1 Å². The highest BCUT2D eigenvalue weighted by Crippen LogP contribution is 2.25. The molecule has 1 aromatic carbocycles. The highest BCUT2D eigenvalue weighted by Gasteiger charge is 2.34. The summed E-state index contributed by atoms with van der Waals surface area (Å²) in [5.74, 6) is 0. The van der Waals surface area contributed by atoms with E-state index in [2.05, 4.69) is 0 Å². The van der Waals surface area contributed by atoms with Gasteiger partial charge in [-0.1, -0.05) is 6.07 Å². The molecule has 2 rings (SSSR count). The van der Waals surface area contributed by atoms with Crippen LogP contribution < -0.4 is 0 Å². The van der Waals surface area contributed by atoms with E-state index in [1.54, 1.807) is 13.8 Å². The van der Waals surface area contributed by atoms with E-state index in [9.17, 15) is 18.5 Å². The molecule has 110 valence electrons. The third-order valence-electron chi connectivity index (χ3n) is 3.19. The van der Waals surface area contributed by atoms with E-state index in [0.29, 0.717) is 6.61 Å². The van der Waals surface area contributed by atoms with Gasteiger partial charge >= 0.3 is 0 Å². The number of nitrogens with zero attached hydrogens (tertiary/aromatic N) is 2. The second kappa shape index (κ2) is 5.47. The zero-order chi connectivity index (χ0) is 14.9. The van der Waals surface area contributed by atoms with E-state index in [-0.39, 0.29) is 29.3 Å². The highest BCUT2D eigenvalue weighted by atomic mass is 32.2. The predicted molar refractivity (Wildman–Crippen MR) is 71.9 cm³/mol. The second-order valence-electron chi connectivity index (χ2n) is 4.82. The number of nitro benzene ring substituents is 1. The van der Waals surface area contributed by atoms with Crippen molar-refractivity contribution in [2.24, 2.45) is 0 Å². The molecule has 1 fully saturated rings. The first-order chi connectivity index (χ1) is 9.32. The molecule has 0 N–H and O–H groups in total. The van der Waals surface area contributed by atoms with Gasteiger partial charge in [0, 0.05) is 24.7 Å². The fraction of sp³-hybridized carbons (Fsp3) is 0.500. The molecule has 0 aromatic heterocycles. The van der Waals surface area contributed by atoms with Gasteiger partial charge in [-0.2, -0.15) is 4.31 Å². The van der Waals surface area contributed by atoms with Crippen LogP contribution in [0.15, 0.2) is 29.2 Å². The summed E-state index contributed by atoms with van der Waals surface area (Å²) in [5, 5.41) is 10.7. The van der Waals surface area contributed by atoms with Crippen LogP contribution in [0.5, 0.6) is 0 Å². The molecule has 0 amide bonds. The summed E-state index contributed by atoms with van der Waals surface area (Å²) in [6, 6.07) is 4.80. The summed E-state index contributed by atoms with van der Waals surface area (Å²) >= 11 is 0. The molecule has 1 aliphatic rings. The Morgan fingerprint density at radius 3 is 2.75 bits per heavy atom. The Kier molecular flexibility index (Phi) is 4.07. The van der Waals surface area contributed by atoms with Crippen molar-refractivity contribution in [3.05, 3.63) is 34.4 Å². The van der Waals surface area contributed by atoms with E-state index in [1.165, 1.54) is 22.5 Å². The number of ether oxygens (including phenoxy) is 1. The summed E-state index contributed by atoms with van der Waals surface area (Å²) < 4.78 is 31.9. The fourth-order valence-electron chi connectivity index (χ4n) is 2.10. The predicted octanol–water partition coefficient (Wildman–Crippen LogP) is 1.39. The molecule has 1 aromatic rings. The molecule has 1 saturated heterocycles. The summed E-state index contributed by atoms with van der Waals surface area (Å²) in [6.07, 6.45) is -0.195. The lowest BCUT2D eigenvalue weighted by Gasteiger charge is -2.35. The minimum Gasteiger partial charge on any atom is -0.375 e. The lowest BCUT2D eigenvalue weighted by atomic mass is 10.2. The second-order valence-corrected chi connectivity index (χ2v) is 6.71. The van der Waals surface area contributed by atoms with E-state index >= 15 is 0 Å². The molecule has 1 heterocycles. The van der Waals surface area contributed by atoms with Gasteiger partial charge in [-0.15, -0.1) is 0 Å². The molecular weight excluding hydrogens is 284 g/mol. The van der Waals surface area contributed by atoms with Gasteiger partial charge in [-0.25, -0.2) is 8.42 Å². The Balaban J connectivity index is 2.39. The van der Waals surface area contributed by atoms with Crippen molar-refractivity contribution in [3.8, 4) is 0 Å². The number of hydrogen-bond acceptors (Lipinski definition) is 5. The van der Waals surface area contributed by atoms with Crippen molar-refractivity contribution in [1.29, 1.82) is 0 Å². The molecule has 7 nitrogen and oxygen atoms in total. The zero-order valence-electron chi connectivity index (χ0n) is 11.2. The summed E-state index contributed by atoms with van der Waals surface area (Å²) in [4.78, 5) is 10.1. The third-order valence-corrected chi connectivity index (χ3v) is 5.16. The van der Waals surface area contributed by atoms with Crippen molar-refractivity contribution >= 4 is 15.7 Å². The van der Waals surface area contributed by atoms with Crippen LogP contribution in [0.25, 0.3) is 0 Å². The Bertz CT molecular complexity index is 616. The van der Waals surface area contributed by atoms with Gasteiger partial charge < -0.3 is 4.74 Å².